The molecule has 2 aromatic rings. The number of rotatable bonds is 3. The fourth-order valence-electron chi connectivity index (χ4n) is 3.05. The molecule has 0 saturated carbocycles. The van der Waals surface area contributed by atoms with Crippen molar-refractivity contribution < 1.29 is 9.21 Å². The van der Waals surface area contributed by atoms with E-state index in [4.69, 9.17) is 4.42 Å². The van der Waals surface area contributed by atoms with Crippen LogP contribution in [0.1, 0.15) is 49.9 Å². The Balaban J connectivity index is 1.94. The predicted octanol–water partition coefficient (Wildman–Crippen LogP) is 3.29. The van der Waals surface area contributed by atoms with Crippen molar-refractivity contribution in [2.24, 2.45) is 0 Å². The van der Waals surface area contributed by atoms with Crippen LogP contribution in [0, 0.1) is 0 Å². The Labute approximate surface area is 143 Å². The quantitative estimate of drug-likeness (QED) is 0.940. The maximum atomic E-state index is 13.0. The second-order valence-electron chi connectivity index (χ2n) is 7.29. The first-order valence-electron chi connectivity index (χ1n) is 8.48. The van der Waals surface area contributed by atoms with Gasteiger partial charge in [-0.05, 0) is 26.0 Å². The zero-order valence-electron chi connectivity index (χ0n) is 14.8. The van der Waals surface area contributed by atoms with E-state index in [-0.39, 0.29) is 17.4 Å². The molecule has 5 nitrogen and oxygen atoms in total. The van der Waals surface area contributed by atoms with Crippen molar-refractivity contribution in [3.05, 3.63) is 41.8 Å². The van der Waals surface area contributed by atoms with E-state index >= 15 is 0 Å². The normalized spacial score (nSPS) is 17.3. The molecule has 1 aromatic heterocycles. The zero-order valence-corrected chi connectivity index (χ0v) is 14.8. The lowest BCUT2D eigenvalue weighted by Crippen LogP contribution is -2.58. The lowest BCUT2D eigenvalue weighted by molar-refractivity contribution is 0.0644. The van der Waals surface area contributed by atoms with Gasteiger partial charge in [0, 0.05) is 36.7 Å². The molecular weight excluding hydrogens is 302 g/mol. The summed E-state index contributed by atoms with van der Waals surface area (Å²) in [5.74, 6) is 1.23. The number of hydrogen-bond donors (Lipinski definition) is 1. The predicted molar refractivity (Wildman–Crippen MR) is 94.0 cm³/mol. The Morgan fingerprint density at radius 3 is 2.62 bits per heavy atom. The summed E-state index contributed by atoms with van der Waals surface area (Å²) < 4.78 is 5.95. The molecular formula is C19H25N3O2. The highest BCUT2D eigenvalue weighted by Crippen LogP contribution is 2.28. The molecule has 3 rings (SSSR count). The van der Waals surface area contributed by atoms with Crippen LogP contribution < -0.4 is 5.32 Å². The van der Waals surface area contributed by atoms with Crippen LogP contribution in [-0.4, -0.2) is 41.0 Å². The van der Waals surface area contributed by atoms with Gasteiger partial charge in [-0.3, -0.25) is 4.79 Å². The smallest absolute Gasteiger partial charge is 0.276 e. The fourth-order valence-corrected chi connectivity index (χ4v) is 3.05. The zero-order chi connectivity index (χ0) is 17.3. The summed E-state index contributed by atoms with van der Waals surface area (Å²) in [6, 6.07) is 9.71. The maximum Gasteiger partial charge on any atom is 0.276 e. The van der Waals surface area contributed by atoms with Gasteiger partial charge in [-0.25, -0.2) is 4.98 Å². The number of amides is 1. The Morgan fingerprint density at radius 2 is 2.00 bits per heavy atom. The minimum absolute atomic E-state index is 0.0424. The number of nitrogens with zero attached hydrogens (tertiary/aromatic N) is 2. The fraction of sp³-hybridized carbons (Fsp3) is 0.474. The van der Waals surface area contributed by atoms with Crippen LogP contribution in [0.2, 0.25) is 0 Å². The van der Waals surface area contributed by atoms with Gasteiger partial charge in [0.15, 0.2) is 5.69 Å². The minimum Gasteiger partial charge on any atom is -0.440 e. The lowest BCUT2D eigenvalue weighted by Gasteiger charge is -2.38. The van der Waals surface area contributed by atoms with Crippen LogP contribution in [0.5, 0.6) is 0 Å². The van der Waals surface area contributed by atoms with E-state index in [1.54, 1.807) is 0 Å². The molecule has 0 atom stereocenters. The second-order valence-corrected chi connectivity index (χ2v) is 7.29. The summed E-state index contributed by atoms with van der Waals surface area (Å²) in [4.78, 5) is 19.4. The highest BCUT2D eigenvalue weighted by molar-refractivity contribution is 5.94. The van der Waals surface area contributed by atoms with Gasteiger partial charge in [-0.15, -0.1) is 0 Å². The average molecular weight is 327 g/mol. The lowest BCUT2D eigenvalue weighted by atomic mass is 10.0. The van der Waals surface area contributed by atoms with Gasteiger partial charge in [-0.1, -0.05) is 32.0 Å². The first kappa shape index (κ1) is 16.7. The summed E-state index contributed by atoms with van der Waals surface area (Å²) in [7, 11) is 0. The summed E-state index contributed by atoms with van der Waals surface area (Å²) in [6.45, 7) is 10.4. The monoisotopic (exact) mass is 327 g/mol. The van der Waals surface area contributed by atoms with Crippen molar-refractivity contribution in [2.45, 2.75) is 39.2 Å². The molecule has 1 aliphatic heterocycles. The number of piperazine rings is 1. The standard InChI is InChI=1S/C19H25N3O2/c1-13(2)16-15(18(23)22-11-10-20-19(3,4)12-22)21-17(24-16)14-8-6-5-7-9-14/h5-9,13,20H,10-12H2,1-4H3. The number of aromatic nitrogens is 1. The van der Waals surface area contributed by atoms with E-state index in [1.165, 1.54) is 0 Å². The molecule has 5 heteroatoms. The molecule has 1 saturated heterocycles. The number of nitrogens with one attached hydrogen (secondary N) is 1. The van der Waals surface area contributed by atoms with Crippen LogP contribution in [0.4, 0.5) is 0 Å². The molecule has 2 heterocycles. The van der Waals surface area contributed by atoms with Crippen LogP contribution in [0.25, 0.3) is 11.5 Å². The van der Waals surface area contributed by atoms with Crippen molar-refractivity contribution in [1.82, 2.24) is 15.2 Å². The van der Waals surface area contributed by atoms with Crippen molar-refractivity contribution in [3.63, 3.8) is 0 Å². The molecule has 0 radical (unpaired) electrons. The summed E-state index contributed by atoms with van der Waals surface area (Å²) in [5.41, 5.74) is 1.25. The van der Waals surface area contributed by atoms with Crippen LogP contribution >= 0.6 is 0 Å². The Kier molecular flexibility index (Phi) is 4.45. The number of oxazole rings is 1. The molecule has 1 aliphatic rings. The third-order valence-corrected chi connectivity index (χ3v) is 4.26. The maximum absolute atomic E-state index is 13.0. The van der Waals surface area contributed by atoms with Crippen LogP contribution in [0.3, 0.4) is 0 Å². The summed E-state index contributed by atoms with van der Waals surface area (Å²) in [5, 5.41) is 3.43. The largest absolute Gasteiger partial charge is 0.440 e. The molecule has 0 spiro atoms. The highest BCUT2D eigenvalue weighted by Gasteiger charge is 2.32. The molecule has 0 bridgehead atoms. The van der Waals surface area contributed by atoms with Crippen molar-refractivity contribution in [2.75, 3.05) is 19.6 Å². The molecule has 1 amide bonds. The SMILES string of the molecule is CC(C)c1oc(-c2ccccc2)nc1C(=O)N1CCNC(C)(C)C1. The van der Waals surface area contributed by atoms with E-state index in [1.807, 2.05) is 49.1 Å². The average Bonchev–Trinajstić information content (AvgIpc) is 2.99. The molecule has 24 heavy (non-hydrogen) atoms. The molecule has 0 aliphatic carbocycles. The highest BCUT2D eigenvalue weighted by atomic mass is 16.4. The van der Waals surface area contributed by atoms with Crippen molar-refractivity contribution in [1.29, 1.82) is 0 Å². The first-order chi connectivity index (χ1) is 11.4. The Morgan fingerprint density at radius 1 is 1.29 bits per heavy atom. The molecule has 0 unspecified atom stereocenters. The van der Waals surface area contributed by atoms with Crippen molar-refractivity contribution in [3.8, 4) is 11.5 Å². The van der Waals surface area contributed by atoms with Gasteiger partial charge in [0.2, 0.25) is 5.89 Å². The number of carbonyl (C=O) groups excluding carboxylic acids is 1. The number of carbonyl (C=O) groups is 1. The van der Waals surface area contributed by atoms with Gasteiger partial charge in [-0.2, -0.15) is 0 Å². The third-order valence-electron chi connectivity index (χ3n) is 4.26. The Hall–Kier alpha value is -2.14. The second kappa shape index (κ2) is 6.40. The summed E-state index contributed by atoms with van der Waals surface area (Å²) in [6.07, 6.45) is 0. The topological polar surface area (TPSA) is 58.4 Å². The Bertz CT molecular complexity index is 719. The van der Waals surface area contributed by atoms with E-state index < -0.39 is 0 Å². The molecule has 1 fully saturated rings. The van der Waals surface area contributed by atoms with Gasteiger partial charge in [0.25, 0.3) is 5.91 Å². The van der Waals surface area contributed by atoms with E-state index in [0.29, 0.717) is 30.4 Å². The van der Waals surface area contributed by atoms with Crippen LogP contribution in [-0.2, 0) is 0 Å². The van der Waals surface area contributed by atoms with Gasteiger partial charge in [0.05, 0.1) is 0 Å². The van der Waals surface area contributed by atoms with E-state index in [0.717, 1.165) is 12.1 Å². The molecule has 1 aromatic carbocycles. The summed E-state index contributed by atoms with van der Waals surface area (Å²) >= 11 is 0. The molecule has 128 valence electrons. The molecule has 1 N–H and O–H groups in total. The first-order valence-corrected chi connectivity index (χ1v) is 8.48. The van der Waals surface area contributed by atoms with Gasteiger partial charge >= 0.3 is 0 Å². The van der Waals surface area contributed by atoms with Crippen molar-refractivity contribution >= 4 is 5.91 Å². The van der Waals surface area contributed by atoms with Crippen LogP contribution in [0.15, 0.2) is 34.7 Å². The van der Waals surface area contributed by atoms with E-state index in [9.17, 15) is 4.79 Å². The number of benzene rings is 1. The minimum atomic E-state index is -0.0854. The third kappa shape index (κ3) is 3.36. The van der Waals surface area contributed by atoms with Gasteiger partial charge < -0.3 is 14.6 Å². The number of hydrogen-bond acceptors (Lipinski definition) is 4. The van der Waals surface area contributed by atoms with E-state index in [2.05, 4.69) is 24.1 Å². The van der Waals surface area contributed by atoms with Gasteiger partial charge in [0.1, 0.15) is 5.76 Å².